The van der Waals surface area contributed by atoms with E-state index < -0.39 is 23.8 Å². The van der Waals surface area contributed by atoms with E-state index in [0.717, 1.165) is 24.8 Å². The van der Waals surface area contributed by atoms with E-state index in [0.29, 0.717) is 22.6 Å². The minimum atomic E-state index is -2.89. The second kappa shape index (κ2) is 7.66. The minimum Gasteiger partial charge on any atom is -0.363 e. The maximum atomic E-state index is 14.6. The highest BCUT2D eigenvalue weighted by Gasteiger charge is 2.41. The quantitative estimate of drug-likeness (QED) is 0.591. The summed E-state index contributed by atoms with van der Waals surface area (Å²) in [5.41, 5.74) is -0.0828. The van der Waals surface area contributed by atoms with E-state index in [4.69, 9.17) is 0 Å². The molecule has 0 aliphatic heterocycles. The summed E-state index contributed by atoms with van der Waals surface area (Å²) in [6, 6.07) is 5.06. The monoisotopic (exact) mass is 428 g/mol. The van der Waals surface area contributed by atoms with Crippen LogP contribution in [0.2, 0.25) is 0 Å². The molecule has 0 spiro atoms. The topological polar surface area (TPSA) is 59.8 Å². The van der Waals surface area contributed by atoms with Gasteiger partial charge in [-0.25, -0.2) is 23.1 Å². The fourth-order valence-electron chi connectivity index (χ4n) is 5.12. The number of benzene rings is 1. The molecule has 31 heavy (non-hydrogen) atoms. The molecule has 8 heteroatoms. The van der Waals surface area contributed by atoms with Crippen molar-refractivity contribution in [2.24, 2.45) is 11.8 Å². The molecule has 3 saturated carbocycles. The lowest BCUT2D eigenvalue weighted by atomic mass is 9.62. The predicted molar refractivity (Wildman–Crippen MR) is 112 cm³/mol. The number of aromatic nitrogens is 3. The standard InChI is InChI=1S/C23H23F3N4O/c1-12(15-3-2-4-16(21(15)24)22(25)26)29-23-17-10-30(19-6-5-13-7-14(19)8-13)20(31)9-18(17)27-11-28-23/h2-4,9-14,19,22H,5-8H2,1H3,(H,27,28,29)/t12?,13?,14?,19-/m0/s1. The van der Waals surface area contributed by atoms with Crippen LogP contribution in [0.4, 0.5) is 19.0 Å². The zero-order chi connectivity index (χ0) is 21.7. The zero-order valence-electron chi connectivity index (χ0n) is 17.1. The van der Waals surface area contributed by atoms with Gasteiger partial charge in [0.1, 0.15) is 18.0 Å². The predicted octanol–water partition coefficient (Wildman–Crippen LogP) is 5.40. The van der Waals surface area contributed by atoms with Gasteiger partial charge in [-0.15, -0.1) is 0 Å². The fourth-order valence-corrected chi connectivity index (χ4v) is 5.12. The number of halogens is 3. The summed E-state index contributed by atoms with van der Waals surface area (Å²) in [4.78, 5) is 21.3. The van der Waals surface area contributed by atoms with E-state index >= 15 is 0 Å². The smallest absolute Gasteiger partial charge is 0.266 e. The highest BCUT2D eigenvalue weighted by molar-refractivity contribution is 5.88. The van der Waals surface area contributed by atoms with Gasteiger partial charge in [0.15, 0.2) is 0 Å². The molecule has 1 unspecified atom stereocenters. The van der Waals surface area contributed by atoms with Gasteiger partial charge in [-0.1, -0.05) is 18.2 Å². The Morgan fingerprint density at radius 3 is 2.65 bits per heavy atom. The van der Waals surface area contributed by atoms with Crippen LogP contribution in [0, 0.1) is 17.7 Å². The number of hydrogen-bond donors (Lipinski definition) is 1. The highest BCUT2D eigenvalue weighted by Crippen LogP contribution is 2.50. The van der Waals surface area contributed by atoms with Crippen LogP contribution < -0.4 is 10.9 Å². The molecule has 6 rings (SSSR count). The SMILES string of the molecule is CC(Nc1ncnc2cc(=O)n([C@H]3CCC4CC3C4)cc12)c1cccc(C(F)F)c1F. The summed E-state index contributed by atoms with van der Waals surface area (Å²) in [5.74, 6) is 0.850. The largest absolute Gasteiger partial charge is 0.363 e. The fraction of sp³-hybridized carbons (Fsp3) is 0.435. The van der Waals surface area contributed by atoms with Gasteiger partial charge in [0.05, 0.1) is 22.5 Å². The van der Waals surface area contributed by atoms with Crippen LogP contribution in [0.3, 0.4) is 0 Å². The van der Waals surface area contributed by atoms with Crippen molar-refractivity contribution in [2.45, 2.75) is 51.1 Å². The van der Waals surface area contributed by atoms with E-state index in [1.807, 2.05) is 0 Å². The molecule has 2 heterocycles. The van der Waals surface area contributed by atoms with Gasteiger partial charge in [-0.3, -0.25) is 4.79 Å². The normalized spacial score (nSPS) is 23.6. The van der Waals surface area contributed by atoms with E-state index in [1.165, 1.54) is 37.4 Å². The molecule has 0 radical (unpaired) electrons. The third-order valence-electron chi connectivity index (χ3n) is 6.86. The van der Waals surface area contributed by atoms with Crippen LogP contribution in [0.25, 0.3) is 10.9 Å². The van der Waals surface area contributed by atoms with Crippen molar-refractivity contribution in [3.05, 3.63) is 64.1 Å². The number of hydrogen-bond acceptors (Lipinski definition) is 4. The Hall–Kier alpha value is -2.90. The van der Waals surface area contributed by atoms with E-state index in [9.17, 15) is 18.0 Å². The maximum Gasteiger partial charge on any atom is 0.266 e. The van der Waals surface area contributed by atoms with Crippen LogP contribution in [-0.2, 0) is 0 Å². The van der Waals surface area contributed by atoms with E-state index in [-0.39, 0.29) is 17.2 Å². The first-order valence-electron chi connectivity index (χ1n) is 10.6. The van der Waals surface area contributed by atoms with Crippen LogP contribution >= 0.6 is 0 Å². The maximum absolute atomic E-state index is 14.6. The number of rotatable bonds is 5. The van der Waals surface area contributed by atoms with Crippen LogP contribution in [0.1, 0.15) is 62.2 Å². The van der Waals surface area contributed by atoms with Crippen molar-refractivity contribution in [1.82, 2.24) is 14.5 Å². The molecule has 3 aliphatic carbocycles. The van der Waals surface area contributed by atoms with Gasteiger partial charge < -0.3 is 9.88 Å². The molecule has 162 valence electrons. The Kier molecular flexibility index (Phi) is 4.95. The van der Waals surface area contributed by atoms with Crippen LogP contribution in [0.15, 0.2) is 41.6 Å². The van der Waals surface area contributed by atoms with Crippen LogP contribution in [0.5, 0.6) is 0 Å². The molecule has 3 aromatic rings. The summed E-state index contributed by atoms with van der Waals surface area (Å²) in [6.45, 7) is 1.69. The summed E-state index contributed by atoms with van der Waals surface area (Å²) in [6.07, 6.45) is 4.71. The highest BCUT2D eigenvalue weighted by atomic mass is 19.3. The second-order valence-corrected chi connectivity index (χ2v) is 8.70. The number of anilines is 1. The Labute approximate surface area is 177 Å². The van der Waals surface area contributed by atoms with Gasteiger partial charge in [-0.05, 0) is 44.4 Å². The zero-order valence-corrected chi connectivity index (χ0v) is 17.1. The Bertz CT molecular complexity index is 1190. The molecule has 0 amide bonds. The molecule has 2 aromatic heterocycles. The van der Waals surface area contributed by atoms with E-state index in [2.05, 4.69) is 15.3 Å². The third-order valence-corrected chi connectivity index (χ3v) is 6.86. The van der Waals surface area contributed by atoms with E-state index in [1.54, 1.807) is 17.7 Å². The molecule has 1 aromatic carbocycles. The number of pyridine rings is 1. The molecule has 2 atom stereocenters. The number of nitrogens with one attached hydrogen (secondary N) is 1. The molecule has 3 aliphatic rings. The first-order chi connectivity index (χ1) is 14.9. The molecule has 5 nitrogen and oxygen atoms in total. The molecule has 3 fully saturated rings. The Morgan fingerprint density at radius 2 is 1.94 bits per heavy atom. The molecular weight excluding hydrogens is 405 g/mol. The van der Waals surface area contributed by atoms with Crippen LogP contribution in [-0.4, -0.2) is 14.5 Å². The van der Waals surface area contributed by atoms with Gasteiger partial charge in [-0.2, -0.15) is 0 Å². The summed E-state index contributed by atoms with van der Waals surface area (Å²) in [7, 11) is 0. The van der Waals surface area contributed by atoms with Gasteiger partial charge >= 0.3 is 0 Å². The first kappa shape index (κ1) is 20.0. The molecule has 0 saturated heterocycles. The lowest BCUT2D eigenvalue weighted by Gasteiger charge is -2.47. The Balaban J connectivity index is 1.51. The molecular formula is C23H23F3N4O. The average Bonchev–Trinajstić information content (AvgIpc) is 2.72. The summed E-state index contributed by atoms with van der Waals surface area (Å²) >= 11 is 0. The average molecular weight is 428 g/mol. The number of fused-ring (bicyclic) bond motifs is 3. The Morgan fingerprint density at radius 1 is 1.16 bits per heavy atom. The van der Waals surface area contributed by atoms with Gasteiger partial charge in [0.25, 0.3) is 12.0 Å². The number of nitrogens with zero attached hydrogens (tertiary/aromatic N) is 3. The van der Waals surface area contributed by atoms with Crippen molar-refractivity contribution in [3.8, 4) is 0 Å². The first-order valence-corrected chi connectivity index (χ1v) is 10.6. The summed E-state index contributed by atoms with van der Waals surface area (Å²) < 4.78 is 42.6. The van der Waals surface area contributed by atoms with Crippen molar-refractivity contribution in [1.29, 1.82) is 0 Å². The van der Waals surface area contributed by atoms with Crippen molar-refractivity contribution >= 4 is 16.7 Å². The lowest BCUT2D eigenvalue weighted by Crippen LogP contribution is -2.40. The molecule has 2 bridgehead atoms. The number of alkyl halides is 2. The van der Waals surface area contributed by atoms with Crippen molar-refractivity contribution in [2.75, 3.05) is 5.32 Å². The third kappa shape index (κ3) is 3.47. The minimum absolute atomic E-state index is 0.0868. The van der Waals surface area contributed by atoms with Crippen molar-refractivity contribution in [3.63, 3.8) is 0 Å². The van der Waals surface area contributed by atoms with Gasteiger partial charge in [0.2, 0.25) is 0 Å². The van der Waals surface area contributed by atoms with Crippen molar-refractivity contribution < 1.29 is 13.2 Å². The second-order valence-electron chi connectivity index (χ2n) is 8.70. The van der Waals surface area contributed by atoms with Gasteiger partial charge in [0, 0.05) is 23.9 Å². The summed E-state index contributed by atoms with van der Waals surface area (Å²) in [5, 5.41) is 3.78. The molecule has 1 N–H and O–H groups in total. The lowest BCUT2D eigenvalue weighted by molar-refractivity contribution is 0.0548.